The lowest BCUT2D eigenvalue weighted by Gasteiger charge is -2.42. The van der Waals surface area contributed by atoms with Crippen LogP contribution in [0, 0.1) is 0 Å². The molecule has 5 nitrogen and oxygen atoms in total. The molecule has 1 aliphatic carbocycles. The Labute approximate surface area is 172 Å². The van der Waals surface area contributed by atoms with Gasteiger partial charge in [0.1, 0.15) is 6.61 Å². The average molecular weight is 395 g/mol. The van der Waals surface area contributed by atoms with Crippen LogP contribution in [-0.2, 0) is 16.8 Å². The van der Waals surface area contributed by atoms with Crippen molar-refractivity contribution in [3.8, 4) is 11.5 Å². The van der Waals surface area contributed by atoms with Crippen molar-refractivity contribution in [1.82, 2.24) is 4.90 Å². The lowest BCUT2D eigenvalue weighted by molar-refractivity contribution is 0.0774. The van der Waals surface area contributed by atoms with Gasteiger partial charge in [0.15, 0.2) is 11.5 Å². The smallest absolute Gasteiger partial charge is 0.410 e. The van der Waals surface area contributed by atoms with Crippen molar-refractivity contribution < 1.29 is 19.0 Å². The van der Waals surface area contributed by atoms with Crippen molar-refractivity contribution in [2.45, 2.75) is 50.2 Å². The fourth-order valence-electron chi connectivity index (χ4n) is 5.09. The number of nitrogens with zero attached hydrogens (tertiary/aromatic N) is 1. The molecule has 2 aromatic rings. The number of carbonyl (C=O) groups excluding carboxylic acids is 1. The van der Waals surface area contributed by atoms with Gasteiger partial charge in [0, 0.05) is 18.0 Å². The predicted octanol–water partition coefficient (Wildman–Crippen LogP) is 4.93. The molecule has 0 aromatic heterocycles. The topological polar surface area (TPSA) is 48.0 Å². The molecular weight excluding hydrogens is 366 g/mol. The van der Waals surface area contributed by atoms with Crippen LogP contribution < -0.4 is 9.47 Å². The Morgan fingerprint density at radius 3 is 2.59 bits per heavy atom. The van der Waals surface area contributed by atoms with Gasteiger partial charge in [-0.3, -0.25) is 0 Å². The van der Waals surface area contributed by atoms with Crippen molar-refractivity contribution in [2.75, 3.05) is 20.8 Å². The molecule has 2 atom stereocenters. The second-order valence-corrected chi connectivity index (χ2v) is 7.97. The van der Waals surface area contributed by atoms with E-state index in [1.54, 1.807) is 14.2 Å². The molecular formula is C24H29NO4. The van der Waals surface area contributed by atoms with Crippen LogP contribution in [0.5, 0.6) is 11.5 Å². The minimum absolute atomic E-state index is 0.0381. The molecule has 1 saturated carbocycles. The van der Waals surface area contributed by atoms with Crippen LogP contribution in [0.1, 0.15) is 43.2 Å². The molecule has 29 heavy (non-hydrogen) atoms. The van der Waals surface area contributed by atoms with E-state index < -0.39 is 0 Å². The van der Waals surface area contributed by atoms with Crippen LogP contribution in [0.2, 0.25) is 0 Å². The third kappa shape index (κ3) is 3.66. The summed E-state index contributed by atoms with van der Waals surface area (Å²) in [4.78, 5) is 14.9. The highest BCUT2D eigenvalue weighted by atomic mass is 16.6. The molecule has 1 saturated heterocycles. The summed E-state index contributed by atoms with van der Waals surface area (Å²) in [6.07, 6.45) is 5.15. The lowest BCUT2D eigenvalue weighted by Crippen LogP contribution is -2.47. The second kappa shape index (κ2) is 8.36. The molecule has 1 heterocycles. The number of benzene rings is 2. The molecule has 0 radical (unpaired) electrons. The summed E-state index contributed by atoms with van der Waals surface area (Å²) in [5.41, 5.74) is 2.21. The molecule has 0 bridgehead atoms. The Morgan fingerprint density at radius 1 is 1.03 bits per heavy atom. The highest BCUT2D eigenvalue weighted by Crippen LogP contribution is 2.50. The summed E-state index contributed by atoms with van der Waals surface area (Å²) < 4.78 is 16.6. The Morgan fingerprint density at radius 2 is 1.83 bits per heavy atom. The van der Waals surface area contributed by atoms with Crippen molar-refractivity contribution in [3.63, 3.8) is 0 Å². The number of amides is 1. The highest BCUT2D eigenvalue weighted by molar-refractivity contribution is 5.69. The van der Waals surface area contributed by atoms with E-state index in [2.05, 4.69) is 12.1 Å². The summed E-state index contributed by atoms with van der Waals surface area (Å²) in [6, 6.07) is 16.2. The van der Waals surface area contributed by atoms with E-state index in [0.717, 1.165) is 49.3 Å². The molecule has 5 heteroatoms. The van der Waals surface area contributed by atoms with Crippen LogP contribution in [-0.4, -0.2) is 37.8 Å². The molecule has 2 fully saturated rings. The van der Waals surface area contributed by atoms with Crippen LogP contribution in [0.4, 0.5) is 4.79 Å². The summed E-state index contributed by atoms with van der Waals surface area (Å²) in [7, 11) is 3.32. The molecule has 2 aliphatic rings. The van der Waals surface area contributed by atoms with Crippen LogP contribution >= 0.6 is 0 Å². The Kier molecular flexibility index (Phi) is 5.65. The van der Waals surface area contributed by atoms with Crippen molar-refractivity contribution in [2.24, 2.45) is 0 Å². The van der Waals surface area contributed by atoms with E-state index in [0.29, 0.717) is 6.61 Å². The van der Waals surface area contributed by atoms with E-state index in [-0.39, 0.29) is 17.6 Å². The number of rotatable bonds is 5. The molecule has 1 amide bonds. The van der Waals surface area contributed by atoms with E-state index in [1.807, 2.05) is 41.3 Å². The van der Waals surface area contributed by atoms with Gasteiger partial charge in [-0.05, 0) is 42.5 Å². The van der Waals surface area contributed by atoms with Gasteiger partial charge in [-0.25, -0.2) is 4.79 Å². The molecule has 0 spiro atoms. The van der Waals surface area contributed by atoms with Crippen molar-refractivity contribution >= 4 is 6.09 Å². The third-order valence-corrected chi connectivity index (χ3v) is 6.56. The van der Waals surface area contributed by atoms with Crippen molar-refractivity contribution in [3.05, 3.63) is 59.7 Å². The summed E-state index contributed by atoms with van der Waals surface area (Å²) >= 11 is 0. The first kappa shape index (κ1) is 19.6. The monoisotopic (exact) mass is 395 g/mol. The molecule has 1 aliphatic heterocycles. The maximum Gasteiger partial charge on any atom is 0.410 e. The number of ether oxygens (including phenoxy) is 3. The fourth-order valence-corrected chi connectivity index (χ4v) is 5.09. The van der Waals surface area contributed by atoms with Gasteiger partial charge in [0.05, 0.1) is 14.2 Å². The molecule has 2 aromatic carbocycles. The second-order valence-electron chi connectivity index (χ2n) is 7.97. The Bertz CT molecular complexity index is 853. The first-order chi connectivity index (χ1) is 14.2. The first-order valence-corrected chi connectivity index (χ1v) is 10.4. The van der Waals surface area contributed by atoms with Gasteiger partial charge in [0.2, 0.25) is 0 Å². The first-order valence-electron chi connectivity index (χ1n) is 10.4. The van der Waals surface area contributed by atoms with E-state index in [1.165, 1.54) is 12.0 Å². The maximum absolute atomic E-state index is 12.9. The SMILES string of the molecule is COc1ccc([C@@]23CCCC[C@@H]2N(C(=O)OCc2ccccc2)CC3)cc1OC. The summed E-state index contributed by atoms with van der Waals surface area (Å²) in [6.45, 7) is 1.04. The largest absolute Gasteiger partial charge is 0.493 e. The van der Waals surface area contributed by atoms with Gasteiger partial charge in [-0.15, -0.1) is 0 Å². The van der Waals surface area contributed by atoms with Gasteiger partial charge < -0.3 is 19.1 Å². The highest BCUT2D eigenvalue weighted by Gasteiger charge is 2.51. The minimum atomic E-state index is -0.205. The zero-order valence-electron chi connectivity index (χ0n) is 17.2. The average Bonchev–Trinajstić information content (AvgIpc) is 3.18. The maximum atomic E-state index is 12.9. The van der Waals surface area contributed by atoms with Gasteiger partial charge in [-0.2, -0.15) is 0 Å². The molecule has 0 N–H and O–H groups in total. The van der Waals surface area contributed by atoms with Crippen LogP contribution in [0.3, 0.4) is 0 Å². The Hall–Kier alpha value is -2.69. The summed E-state index contributed by atoms with van der Waals surface area (Å²) in [5, 5.41) is 0. The van der Waals surface area contributed by atoms with E-state index in [4.69, 9.17) is 14.2 Å². The zero-order chi connectivity index (χ0) is 20.3. The number of hydrogen-bond acceptors (Lipinski definition) is 4. The Balaban J connectivity index is 1.55. The van der Waals surface area contributed by atoms with Crippen molar-refractivity contribution in [1.29, 1.82) is 0 Å². The van der Waals surface area contributed by atoms with Gasteiger partial charge in [-0.1, -0.05) is 49.2 Å². The quantitative estimate of drug-likeness (QED) is 0.720. The van der Waals surface area contributed by atoms with E-state index in [9.17, 15) is 4.79 Å². The number of hydrogen-bond donors (Lipinski definition) is 0. The summed E-state index contributed by atoms with van der Waals surface area (Å²) in [5.74, 6) is 1.48. The predicted molar refractivity (Wildman–Crippen MR) is 111 cm³/mol. The third-order valence-electron chi connectivity index (χ3n) is 6.56. The lowest BCUT2D eigenvalue weighted by atomic mass is 9.66. The number of fused-ring (bicyclic) bond motifs is 1. The fraction of sp³-hybridized carbons (Fsp3) is 0.458. The number of methoxy groups -OCH3 is 2. The molecule has 154 valence electrons. The normalized spacial score (nSPS) is 23.4. The van der Waals surface area contributed by atoms with Crippen LogP contribution in [0.25, 0.3) is 0 Å². The van der Waals surface area contributed by atoms with Gasteiger partial charge >= 0.3 is 6.09 Å². The van der Waals surface area contributed by atoms with Gasteiger partial charge in [0.25, 0.3) is 0 Å². The number of likely N-dealkylation sites (tertiary alicyclic amines) is 1. The van der Waals surface area contributed by atoms with Crippen LogP contribution in [0.15, 0.2) is 48.5 Å². The minimum Gasteiger partial charge on any atom is -0.493 e. The molecule has 4 rings (SSSR count). The number of carbonyl (C=O) groups is 1. The standard InChI is InChI=1S/C24H29NO4/c1-27-20-12-11-19(16-21(20)28-2)24-13-7-6-10-22(24)25(15-14-24)23(26)29-17-18-8-4-3-5-9-18/h3-5,8-9,11-12,16,22H,6-7,10,13-15,17H2,1-2H3/t22-,24-/m0/s1. The zero-order valence-corrected chi connectivity index (χ0v) is 17.2. The molecule has 0 unspecified atom stereocenters. The van der Waals surface area contributed by atoms with E-state index >= 15 is 0 Å².